The summed E-state index contributed by atoms with van der Waals surface area (Å²) in [5.41, 5.74) is 0.886. The molecule has 0 saturated carbocycles. The predicted molar refractivity (Wildman–Crippen MR) is 116 cm³/mol. The molecule has 3 N–H and O–H groups in total. The zero-order chi connectivity index (χ0) is 22.4. The lowest BCUT2D eigenvalue weighted by atomic mass is 9.98. The van der Waals surface area contributed by atoms with Gasteiger partial charge in [-0.1, -0.05) is 32.4 Å². The minimum Gasteiger partial charge on any atom is -0.352 e. The Labute approximate surface area is 181 Å². The predicted octanol–water partition coefficient (Wildman–Crippen LogP) is 1.08. The number of hydrogen-bond donors (Lipinski definition) is 3. The van der Waals surface area contributed by atoms with Crippen LogP contribution in [0, 0.1) is 5.92 Å². The van der Waals surface area contributed by atoms with Crippen molar-refractivity contribution in [2.45, 2.75) is 31.2 Å². The smallest absolute Gasteiger partial charge is 0.263 e. The highest BCUT2D eigenvalue weighted by Gasteiger charge is 2.33. The average Bonchev–Trinajstić information content (AvgIpc) is 3.05. The summed E-state index contributed by atoms with van der Waals surface area (Å²) >= 11 is 0. The molecule has 0 radical (unpaired) electrons. The van der Waals surface area contributed by atoms with E-state index in [4.69, 9.17) is 0 Å². The summed E-state index contributed by atoms with van der Waals surface area (Å²) in [5.74, 6) is -0.560. The highest BCUT2D eigenvalue weighted by molar-refractivity contribution is 7.90. The summed E-state index contributed by atoms with van der Waals surface area (Å²) in [7, 11) is -3.68. The third-order valence-electron chi connectivity index (χ3n) is 5.02. The van der Waals surface area contributed by atoms with Gasteiger partial charge in [0, 0.05) is 31.0 Å². The molecule has 9 nitrogen and oxygen atoms in total. The number of carbonyl (C=O) groups is 2. The van der Waals surface area contributed by atoms with Gasteiger partial charge in [0.05, 0.1) is 10.5 Å². The second-order valence-corrected chi connectivity index (χ2v) is 8.85. The maximum atomic E-state index is 12.8. The van der Waals surface area contributed by atoms with Gasteiger partial charge < -0.3 is 10.6 Å². The lowest BCUT2D eigenvalue weighted by Crippen LogP contribution is -2.42. The van der Waals surface area contributed by atoms with Crippen molar-refractivity contribution in [2.75, 3.05) is 13.1 Å². The Morgan fingerprint density at radius 1 is 1.13 bits per heavy atom. The van der Waals surface area contributed by atoms with E-state index >= 15 is 0 Å². The molecule has 0 saturated heterocycles. The van der Waals surface area contributed by atoms with E-state index in [-0.39, 0.29) is 41.6 Å². The van der Waals surface area contributed by atoms with Gasteiger partial charge in [0.1, 0.15) is 11.9 Å². The third-order valence-corrected chi connectivity index (χ3v) is 6.41. The number of amidine groups is 1. The Morgan fingerprint density at radius 3 is 2.58 bits per heavy atom. The zero-order valence-electron chi connectivity index (χ0n) is 17.3. The van der Waals surface area contributed by atoms with Gasteiger partial charge in [-0.15, -0.1) is 0 Å². The summed E-state index contributed by atoms with van der Waals surface area (Å²) < 4.78 is 27.1. The van der Waals surface area contributed by atoms with Gasteiger partial charge in [-0.3, -0.25) is 24.3 Å². The van der Waals surface area contributed by atoms with Crippen LogP contribution in [0.4, 0.5) is 0 Å². The van der Waals surface area contributed by atoms with Crippen LogP contribution >= 0.6 is 0 Å². The number of rotatable bonds is 8. The van der Waals surface area contributed by atoms with Gasteiger partial charge in [-0.2, -0.15) is 0 Å². The van der Waals surface area contributed by atoms with Crippen molar-refractivity contribution in [2.24, 2.45) is 10.9 Å². The number of carbonyl (C=O) groups excluding carboxylic acids is 2. The molecule has 2 amide bonds. The maximum absolute atomic E-state index is 12.8. The molecule has 3 rings (SSSR count). The highest BCUT2D eigenvalue weighted by atomic mass is 32.2. The number of aromatic nitrogens is 1. The first kappa shape index (κ1) is 22.4. The topological polar surface area (TPSA) is 130 Å². The first-order valence-electron chi connectivity index (χ1n) is 9.99. The van der Waals surface area contributed by atoms with Crippen LogP contribution in [-0.2, 0) is 14.8 Å². The lowest BCUT2D eigenvalue weighted by Gasteiger charge is -2.19. The van der Waals surface area contributed by atoms with E-state index in [1.807, 2.05) is 13.8 Å². The van der Waals surface area contributed by atoms with Crippen LogP contribution in [0.2, 0.25) is 0 Å². The number of sulfonamides is 1. The molecule has 2 aromatic rings. The van der Waals surface area contributed by atoms with Crippen molar-refractivity contribution in [3.05, 3.63) is 59.9 Å². The molecule has 2 atom stereocenters. The molecule has 0 bridgehead atoms. The number of hydrogen-bond acceptors (Lipinski definition) is 6. The highest BCUT2D eigenvalue weighted by Crippen LogP contribution is 2.24. The van der Waals surface area contributed by atoms with E-state index in [1.54, 1.807) is 36.5 Å². The number of amides is 2. The maximum Gasteiger partial charge on any atom is 0.263 e. The summed E-state index contributed by atoms with van der Waals surface area (Å²) in [6.45, 7) is 4.27. The molecule has 0 spiro atoms. The Kier molecular flexibility index (Phi) is 7.01. The summed E-state index contributed by atoms with van der Waals surface area (Å²) in [4.78, 5) is 33.3. The molecule has 0 unspecified atom stereocenters. The molecular formula is C21H25N5O4S. The average molecular weight is 444 g/mol. The Hall–Kier alpha value is -3.27. The van der Waals surface area contributed by atoms with Crippen LogP contribution in [0.5, 0.6) is 0 Å². The molecule has 1 aromatic carbocycles. The minimum absolute atomic E-state index is 0.116. The second-order valence-electron chi connectivity index (χ2n) is 7.20. The van der Waals surface area contributed by atoms with Crippen LogP contribution < -0.4 is 15.4 Å². The van der Waals surface area contributed by atoms with Crippen molar-refractivity contribution in [3.63, 3.8) is 0 Å². The van der Waals surface area contributed by atoms with Crippen molar-refractivity contribution in [1.82, 2.24) is 20.3 Å². The van der Waals surface area contributed by atoms with Crippen molar-refractivity contribution in [3.8, 4) is 0 Å². The Balaban J connectivity index is 1.66. The van der Waals surface area contributed by atoms with Crippen molar-refractivity contribution in [1.29, 1.82) is 0 Å². The van der Waals surface area contributed by atoms with Gasteiger partial charge in [-0.05, 0) is 30.2 Å². The molecule has 2 heterocycles. The first-order valence-corrected chi connectivity index (χ1v) is 11.5. The van der Waals surface area contributed by atoms with Crippen molar-refractivity contribution < 1.29 is 18.0 Å². The van der Waals surface area contributed by atoms with E-state index in [1.165, 1.54) is 12.3 Å². The zero-order valence-corrected chi connectivity index (χ0v) is 18.1. The lowest BCUT2D eigenvalue weighted by molar-refractivity contribution is -0.123. The van der Waals surface area contributed by atoms with Gasteiger partial charge in [0.15, 0.2) is 0 Å². The minimum atomic E-state index is -3.68. The Morgan fingerprint density at radius 2 is 1.87 bits per heavy atom. The van der Waals surface area contributed by atoms with Gasteiger partial charge >= 0.3 is 0 Å². The second kappa shape index (κ2) is 9.69. The van der Waals surface area contributed by atoms with Crippen LogP contribution in [-0.4, -0.2) is 50.2 Å². The van der Waals surface area contributed by atoms with Crippen molar-refractivity contribution >= 4 is 27.7 Å². The third kappa shape index (κ3) is 5.26. The Bertz CT molecular complexity index is 1090. The molecule has 31 heavy (non-hydrogen) atoms. The molecule has 1 aromatic heterocycles. The molecule has 1 aliphatic heterocycles. The van der Waals surface area contributed by atoms with Gasteiger partial charge in [0.2, 0.25) is 5.91 Å². The van der Waals surface area contributed by atoms with E-state index in [9.17, 15) is 18.0 Å². The number of fused-ring (bicyclic) bond motifs is 1. The van der Waals surface area contributed by atoms with E-state index in [0.717, 1.165) is 0 Å². The van der Waals surface area contributed by atoms with E-state index in [2.05, 4.69) is 25.3 Å². The molecule has 1 aliphatic rings. The number of pyridine rings is 1. The fourth-order valence-corrected chi connectivity index (χ4v) is 4.34. The quantitative estimate of drug-likeness (QED) is 0.526. The van der Waals surface area contributed by atoms with Crippen LogP contribution in [0.1, 0.15) is 36.2 Å². The number of nitrogens with zero attached hydrogens (tertiary/aromatic N) is 2. The largest absolute Gasteiger partial charge is 0.352 e. The molecule has 0 fully saturated rings. The van der Waals surface area contributed by atoms with E-state index in [0.29, 0.717) is 17.5 Å². The van der Waals surface area contributed by atoms with Crippen LogP contribution in [0.25, 0.3) is 0 Å². The van der Waals surface area contributed by atoms with Crippen LogP contribution in [0.15, 0.2) is 58.7 Å². The SMILES string of the molecule is CC[C@H](C)[C@H](N=C1NS(=O)(=O)c2ccccc21)C(=O)NCCNC(=O)c1cccnc1. The first-order chi connectivity index (χ1) is 14.8. The summed E-state index contributed by atoms with van der Waals surface area (Å²) in [6, 6.07) is 9.07. The number of aliphatic imine (C=N–C) groups is 1. The summed E-state index contributed by atoms with van der Waals surface area (Å²) in [5, 5.41) is 5.48. The fourth-order valence-electron chi connectivity index (χ4n) is 3.10. The molecule has 164 valence electrons. The number of benzene rings is 1. The fraction of sp³-hybridized carbons (Fsp3) is 0.333. The molecular weight excluding hydrogens is 418 g/mol. The normalized spacial score (nSPS) is 17.3. The monoisotopic (exact) mass is 443 g/mol. The standard InChI is InChI=1S/C21H25N5O4S/c1-3-14(2)18(25-19-16-8-4-5-9-17(16)31(29,30)26-19)21(28)24-12-11-23-20(27)15-7-6-10-22-13-15/h4-10,13-14,18H,3,11-12H2,1-2H3,(H,23,27)(H,24,28)(H,25,26)/t14-,18-/m0/s1. The van der Waals surface area contributed by atoms with Gasteiger partial charge in [-0.25, -0.2) is 8.42 Å². The van der Waals surface area contributed by atoms with E-state index < -0.39 is 16.1 Å². The van der Waals surface area contributed by atoms with Gasteiger partial charge in [0.25, 0.3) is 15.9 Å². The molecule has 0 aliphatic carbocycles. The summed E-state index contributed by atoms with van der Waals surface area (Å²) in [6.07, 6.45) is 3.72. The number of nitrogens with one attached hydrogen (secondary N) is 3. The van der Waals surface area contributed by atoms with Crippen LogP contribution in [0.3, 0.4) is 0 Å². The molecule has 10 heteroatoms.